The Hall–Kier alpha value is -0.870. The number of aromatic nitrogens is 2. The molecule has 1 atom stereocenters. The summed E-state index contributed by atoms with van der Waals surface area (Å²) < 4.78 is 2.06. The van der Waals surface area contributed by atoms with Gasteiger partial charge in [-0.3, -0.25) is 4.68 Å². The summed E-state index contributed by atoms with van der Waals surface area (Å²) >= 11 is 0. The van der Waals surface area contributed by atoms with Gasteiger partial charge in [-0.25, -0.2) is 0 Å². The summed E-state index contributed by atoms with van der Waals surface area (Å²) in [6.45, 7) is 7.37. The zero-order valence-electron chi connectivity index (χ0n) is 11.7. The number of nitrogens with one attached hydrogen (secondary N) is 1. The molecule has 0 aromatic carbocycles. The van der Waals surface area contributed by atoms with E-state index in [4.69, 9.17) is 0 Å². The Kier molecular flexibility index (Phi) is 4.07. The van der Waals surface area contributed by atoms with Crippen LogP contribution < -0.4 is 5.32 Å². The van der Waals surface area contributed by atoms with Gasteiger partial charge in [-0.2, -0.15) is 5.10 Å². The van der Waals surface area contributed by atoms with Crippen molar-refractivity contribution >= 4 is 0 Å². The Balaban J connectivity index is 1.80. The molecule has 0 aliphatic heterocycles. The first-order chi connectivity index (χ1) is 8.52. The second kappa shape index (κ2) is 5.41. The molecule has 4 heteroatoms. The molecule has 0 spiro atoms. The summed E-state index contributed by atoms with van der Waals surface area (Å²) in [5, 5.41) is 17.5. The third kappa shape index (κ3) is 3.56. The van der Waals surface area contributed by atoms with Gasteiger partial charge in [-0.05, 0) is 52.5 Å². The van der Waals surface area contributed by atoms with Gasteiger partial charge in [0.15, 0.2) is 0 Å². The Bertz CT molecular complexity index is 398. The van der Waals surface area contributed by atoms with Crippen LogP contribution in [0.25, 0.3) is 0 Å². The number of aliphatic hydroxyl groups is 1. The van der Waals surface area contributed by atoms with Gasteiger partial charge < -0.3 is 10.4 Å². The smallest absolute Gasteiger partial charge is 0.0610 e. The van der Waals surface area contributed by atoms with E-state index in [-0.39, 0.29) is 12.1 Å². The first kappa shape index (κ1) is 13.6. The van der Waals surface area contributed by atoms with Gasteiger partial charge in [0.2, 0.25) is 0 Å². The molecule has 1 fully saturated rings. The van der Waals surface area contributed by atoms with Gasteiger partial charge in [0, 0.05) is 23.8 Å². The van der Waals surface area contributed by atoms with Crippen molar-refractivity contribution in [2.75, 3.05) is 6.61 Å². The highest BCUT2D eigenvalue weighted by molar-refractivity contribution is 5.06. The van der Waals surface area contributed by atoms with Gasteiger partial charge in [-0.15, -0.1) is 0 Å². The first-order valence-electron chi connectivity index (χ1n) is 6.92. The van der Waals surface area contributed by atoms with Crippen LogP contribution >= 0.6 is 0 Å². The van der Waals surface area contributed by atoms with E-state index in [1.54, 1.807) is 0 Å². The van der Waals surface area contributed by atoms with Gasteiger partial charge in [0.25, 0.3) is 0 Å². The molecule has 102 valence electrons. The third-order valence-electron chi connectivity index (χ3n) is 3.68. The Morgan fingerprint density at radius 2 is 2.22 bits per heavy atom. The molecular weight excluding hydrogens is 226 g/mol. The maximum atomic E-state index is 9.53. The molecule has 18 heavy (non-hydrogen) atoms. The molecule has 1 aromatic heterocycles. The Morgan fingerprint density at radius 3 is 2.72 bits per heavy atom. The molecule has 0 bridgehead atoms. The lowest BCUT2D eigenvalue weighted by Crippen LogP contribution is -2.47. The lowest BCUT2D eigenvalue weighted by Gasteiger charge is -2.29. The Morgan fingerprint density at radius 1 is 1.50 bits per heavy atom. The average molecular weight is 251 g/mol. The van der Waals surface area contributed by atoms with E-state index in [1.165, 1.54) is 18.5 Å². The van der Waals surface area contributed by atoms with Crippen LogP contribution in [0.3, 0.4) is 0 Å². The van der Waals surface area contributed by atoms with Crippen LogP contribution in [0.1, 0.15) is 44.0 Å². The van der Waals surface area contributed by atoms with Gasteiger partial charge in [0.1, 0.15) is 0 Å². The molecule has 0 saturated heterocycles. The fraction of sp³-hybridized carbons (Fsp3) is 0.786. The summed E-state index contributed by atoms with van der Waals surface area (Å²) in [4.78, 5) is 0. The molecule has 1 aliphatic carbocycles. The summed E-state index contributed by atoms with van der Waals surface area (Å²) in [7, 11) is 0. The number of hydrogen-bond donors (Lipinski definition) is 2. The molecule has 2 N–H and O–H groups in total. The summed E-state index contributed by atoms with van der Waals surface area (Å²) in [6.07, 6.45) is 4.54. The zero-order valence-corrected chi connectivity index (χ0v) is 11.7. The number of rotatable bonds is 7. The lowest BCUT2D eigenvalue weighted by atomic mass is 9.96. The van der Waals surface area contributed by atoms with Crippen LogP contribution in [0.5, 0.6) is 0 Å². The number of aliphatic hydroxyl groups excluding tert-OH is 1. The van der Waals surface area contributed by atoms with Crippen LogP contribution in [0, 0.1) is 13.8 Å². The van der Waals surface area contributed by atoms with Crippen molar-refractivity contribution in [1.82, 2.24) is 15.1 Å². The van der Waals surface area contributed by atoms with Crippen molar-refractivity contribution < 1.29 is 5.11 Å². The van der Waals surface area contributed by atoms with E-state index >= 15 is 0 Å². The first-order valence-corrected chi connectivity index (χ1v) is 6.92. The number of hydrogen-bond acceptors (Lipinski definition) is 3. The van der Waals surface area contributed by atoms with Crippen molar-refractivity contribution in [3.8, 4) is 0 Å². The molecule has 0 amide bonds. The van der Waals surface area contributed by atoms with E-state index in [9.17, 15) is 5.11 Å². The van der Waals surface area contributed by atoms with Crippen LogP contribution in [-0.2, 0) is 6.54 Å². The van der Waals surface area contributed by atoms with Gasteiger partial charge in [-0.1, -0.05) is 0 Å². The summed E-state index contributed by atoms with van der Waals surface area (Å²) in [6, 6.07) is 2.74. The molecule has 0 radical (unpaired) electrons. The molecular formula is C14H25N3O. The zero-order chi connectivity index (χ0) is 13.2. The van der Waals surface area contributed by atoms with E-state index in [2.05, 4.69) is 35.0 Å². The van der Waals surface area contributed by atoms with Crippen molar-refractivity contribution in [3.63, 3.8) is 0 Å². The minimum absolute atomic E-state index is 0.128. The van der Waals surface area contributed by atoms with Crippen LogP contribution in [0.4, 0.5) is 0 Å². The van der Waals surface area contributed by atoms with E-state index < -0.39 is 0 Å². The molecule has 1 heterocycles. The predicted octanol–water partition coefficient (Wildman–Crippen LogP) is 1.78. The molecule has 2 rings (SSSR count). The second-order valence-electron chi connectivity index (χ2n) is 5.89. The molecule has 1 aliphatic rings. The van der Waals surface area contributed by atoms with Crippen LogP contribution in [0.15, 0.2) is 6.07 Å². The van der Waals surface area contributed by atoms with E-state index in [0.717, 1.165) is 25.1 Å². The normalized spacial score (nSPS) is 18.9. The summed E-state index contributed by atoms with van der Waals surface area (Å²) in [5.74, 6) is 0. The van der Waals surface area contributed by atoms with Crippen molar-refractivity contribution in [3.05, 3.63) is 17.5 Å². The molecule has 4 nitrogen and oxygen atoms in total. The summed E-state index contributed by atoms with van der Waals surface area (Å²) in [5.41, 5.74) is 2.17. The van der Waals surface area contributed by atoms with Crippen LogP contribution in [0.2, 0.25) is 0 Å². The highest BCUT2D eigenvalue weighted by atomic mass is 16.3. The fourth-order valence-electron chi connectivity index (χ4n) is 2.44. The largest absolute Gasteiger partial charge is 0.394 e. The average Bonchev–Trinajstić information content (AvgIpc) is 3.05. The van der Waals surface area contributed by atoms with Crippen molar-refractivity contribution in [2.45, 2.75) is 64.6 Å². The quantitative estimate of drug-likeness (QED) is 0.776. The topological polar surface area (TPSA) is 50.1 Å². The van der Waals surface area contributed by atoms with E-state index in [1.807, 2.05) is 6.92 Å². The molecule has 1 aromatic rings. The second-order valence-corrected chi connectivity index (χ2v) is 5.89. The highest BCUT2D eigenvalue weighted by Crippen LogP contribution is 2.24. The predicted molar refractivity (Wildman–Crippen MR) is 72.6 cm³/mol. The monoisotopic (exact) mass is 251 g/mol. The standard InChI is InChI=1S/C14H25N3O/c1-11-9-12(2)17(16-11)8-4-7-14(3,10-18)15-13-5-6-13/h9,13,15,18H,4-8,10H2,1-3H3. The van der Waals surface area contributed by atoms with Gasteiger partial charge in [0.05, 0.1) is 12.3 Å². The lowest BCUT2D eigenvalue weighted by molar-refractivity contribution is 0.159. The molecule has 1 saturated carbocycles. The van der Waals surface area contributed by atoms with Crippen LogP contribution in [-0.4, -0.2) is 33.1 Å². The van der Waals surface area contributed by atoms with E-state index in [0.29, 0.717) is 6.04 Å². The SMILES string of the molecule is Cc1cc(C)n(CCCC(C)(CO)NC2CC2)n1. The maximum Gasteiger partial charge on any atom is 0.0610 e. The molecule has 1 unspecified atom stereocenters. The maximum absolute atomic E-state index is 9.53. The third-order valence-corrected chi connectivity index (χ3v) is 3.68. The highest BCUT2D eigenvalue weighted by Gasteiger charge is 2.31. The van der Waals surface area contributed by atoms with Crippen molar-refractivity contribution in [2.24, 2.45) is 0 Å². The fourth-order valence-corrected chi connectivity index (χ4v) is 2.44. The minimum Gasteiger partial charge on any atom is -0.394 e. The van der Waals surface area contributed by atoms with Gasteiger partial charge >= 0.3 is 0 Å². The van der Waals surface area contributed by atoms with Crippen molar-refractivity contribution in [1.29, 1.82) is 0 Å². The minimum atomic E-state index is -0.128. The Labute approximate surface area is 109 Å². The number of aryl methyl sites for hydroxylation is 3. The number of nitrogens with zero attached hydrogens (tertiary/aromatic N) is 2.